The first-order valence-corrected chi connectivity index (χ1v) is 5.95. The van der Waals surface area contributed by atoms with Crippen LogP contribution in [0.4, 0.5) is 4.39 Å². The van der Waals surface area contributed by atoms with Crippen LogP contribution in [-0.4, -0.2) is 16.1 Å². The normalized spacial score (nSPS) is 10.9. The zero-order valence-corrected chi connectivity index (χ0v) is 10.6. The molecule has 0 spiro atoms. The number of carboxylic acids is 1. The van der Waals surface area contributed by atoms with E-state index >= 15 is 0 Å². The van der Waals surface area contributed by atoms with Crippen LogP contribution >= 0.6 is 0 Å². The van der Waals surface area contributed by atoms with Crippen LogP contribution in [0.5, 0.6) is 0 Å². The van der Waals surface area contributed by atoms with E-state index in [0.717, 1.165) is 0 Å². The summed E-state index contributed by atoms with van der Waals surface area (Å²) in [4.78, 5) is 15.2. The number of benzene rings is 2. The standard InChI is InChI=1S/C15H10FNO3/c1-8-6-10(16)3-4-11(8)14-17-12-7-9(15(18)19)2-5-13(12)20-14/h2-7H,1H3,(H,18,19). The maximum absolute atomic E-state index is 13.1. The van der Waals surface area contributed by atoms with Crippen molar-refractivity contribution >= 4 is 17.1 Å². The van der Waals surface area contributed by atoms with Gasteiger partial charge in [-0.1, -0.05) is 0 Å². The van der Waals surface area contributed by atoms with Gasteiger partial charge in [-0.25, -0.2) is 14.2 Å². The fraction of sp³-hybridized carbons (Fsp3) is 0.0667. The summed E-state index contributed by atoms with van der Waals surface area (Å²) in [5.74, 6) is -0.995. The molecule has 0 unspecified atom stereocenters. The van der Waals surface area contributed by atoms with Gasteiger partial charge in [0.15, 0.2) is 5.58 Å². The number of oxazole rings is 1. The highest BCUT2D eigenvalue weighted by Gasteiger charge is 2.13. The molecule has 0 fully saturated rings. The van der Waals surface area contributed by atoms with E-state index in [1.165, 1.54) is 24.3 Å². The Labute approximate surface area is 113 Å². The maximum atomic E-state index is 13.1. The minimum atomic E-state index is -1.02. The number of rotatable bonds is 2. The fourth-order valence-corrected chi connectivity index (χ4v) is 2.04. The molecule has 0 amide bonds. The molecule has 1 aromatic heterocycles. The zero-order chi connectivity index (χ0) is 14.3. The molecule has 0 aliphatic rings. The zero-order valence-electron chi connectivity index (χ0n) is 10.6. The molecule has 5 heteroatoms. The average Bonchev–Trinajstić information content (AvgIpc) is 2.80. The molecule has 4 nitrogen and oxygen atoms in total. The first-order chi connectivity index (χ1) is 9.54. The molecular formula is C15H10FNO3. The van der Waals surface area contributed by atoms with Crippen molar-refractivity contribution in [3.63, 3.8) is 0 Å². The quantitative estimate of drug-likeness (QED) is 0.772. The van der Waals surface area contributed by atoms with E-state index in [9.17, 15) is 9.18 Å². The van der Waals surface area contributed by atoms with Crippen molar-refractivity contribution in [2.24, 2.45) is 0 Å². The van der Waals surface area contributed by atoms with Gasteiger partial charge in [-0.3, -0.25) is 0 Å². The van der Waals surface area contributed by atoms with E-state index < -0.39 is 5.97 Å². The lowest BCUT2D eigenvalue weighted by molar-refractivity contribution is 0.0697. The Morgan fingerprint density at radius 3 is 2.75 bits per heavy atom. The third-order valence-corrected chi connectivity index (χ3v) is 3.05. The molecule has 0 atom stereocenters. The number of aryl methyl sites for hydroxylation is 1. The largest absolute Gasteiger partial charge is 0.478 e. The highest BCUT2D eigenvalue weighted by molar-refractivity contribution is 5.92. The number of nitrogens with zero attached hydrogens (tertiary/aromatic N) is 1. The SMILES string of the molecule is Cc1cc(F)ccc1-c1nc2cc(C(=O)O)ccc2o1. The molecule has 100 valence electrons. The summed E-state index contributed by atoms with van der Waals surface area (Å²) < 4.78 is 18.7. The second-order valence-corrected chi connectivity index (χ2v) is 4.47. The van der Waals surface area contributed by atoms with Gasteiger partial charge in [0.2, 0.25) is 5.89 Å². The number of halogens is 1. The molecule has 0 aliphatic carbocycles. The minimum Gasteiger partial charge on any atom is -0.478 e. The van der Waals surface area contributed by atoms with Gasteiger partial charge in [0.25, 0.3) is 0 Å². The lowest BCUT2D eigenvalue weighted by Gasteiger charge is -2.00. The number of carbonyl (C=O) groups is 1. The molecule has 20 heavy (non-hydrogen) atoms. The van der Waals surface area contributed by atoms with Gasteiger partial charge in [0.05, 0.1) is 5.56 Å². The lowest BCUT2D eigenvalue weighted by atomic mass is 10.1. The molecule has 3 rings (SSSR count). The number of hydrogen-bond acceptors (Lipinski definition) is 3. The van der Waals surface area contributed by atoms with E-state index in [1.807, 2.05) is 0 Å². The predicted molar refractivity (Wildman–Crippen MR) is 71.1 cm³/mol. The van der Waals surface area contributed by atoms with Gasteiger partial charge in [0.1, 0.15) is 11.3 Å². The van der Waals surface area contributed by atoms with Crippen LogP contribution in [-0.2, 0) is 0 Å². The topological polar surface area (TPSA) is 63.3 Å². The smallest absolute Gasteiger partial charge is 0.335 e. The fourth-order valence-electron chi connectivity index (χ4n) is 2.04. The van der Waals surface area contributed by atoms with Gasteiger partial charge in [-0.15, -0.1) is 0 Å². The first-order valence-electron chi connectivity index (χ1n) is 5.95. The summed E-state index contributed by atoms with van der Waals surface area (Å²) >= 11 is 0. The molecule has 0 bridgehead atoms. The Kier molecular flexibility index (Phi) is 2.75. The molecular weight excluding hydrogens is 261 g/mol. The summed E-state index contributed by atoms with van der Waals surface area (Å²) in [5, 5.41) is 8.94. The predicted octanol–water partition coefficient (Wildman–Crippen LogP) is 3.64. The second kappa shape index (κ2) is 4.45. The summed E-state index contributed by atoms with van der Waals surface area (Å²) in [6.45, 7) is 1.76. The monoisotopic (exact) mass is 271 g/mol. The van der Waals surface area contributed by atoms with Crippen molar-refractivity contribution in [2.45, 2.75) is 6.92 Å². The molecule has 2 aromatic carbocycles. The van der Waals surface area contributed by atoms with Crippen molar-refractivity contribution in [1.29, 1.82) is 0 Å². The van der Waals surface area contributed by atoms with Crippen molar-refractivity contribution in [2.75, 3.05) is 0 Å². The summed E-state index contributed by atoms with van der Waals surface area (Å²) in [5.41, 5.74) is 2.49. The molecule has 0 saturated carbocycles. The Morgan fingerprint density at radius 1 is 1.25 bits per heavy atom. The molecule has 0 saturated heterocycles. The number of fused-ring (bicyclic) bond motifs is 1. The number of hydrogen-bond donors (Lipinski definition) is 1. The van der Waals surface area contributed by atoms with E-state index in [-0.39, 0.29) is 11.4 Å². The Morgan fingerprint density at radius 2 is 2.05 bits per heavy atom. The molecule has 1 heterocycles. The van der Waals surface area contributed by atoms with Crippen molar-refractivity contribution in [1.82, 2.24) is 4.98 Å². The van der Waals surface area contributed by atoms with Crippen LogP contribution in [0.2, 0.25) is 0 Å². The average molecular weight is 271 g/mol. The van der Waals surface area contributed by atoms with Gasteiger partial charge >= 0.3 is 5.97 Å². The van der Waals surface area contributed by atoms with Gasteiger partial charge < -0.3 is 9.52 Å². The number of aromatic nitrogens is 1. The van der Waals surface area contributed by atoms with Gasteiger partial charge in [-0.2, -0.15) is 0 Å². The molecule has 0 radical (unpaired) electrons. The third-order valence-electron chi connectivity index (χ3n) is 3.05. The van der Waals surface area contributed by atoms with E-state index in [1.54, 1.807) is 19.1 Å². The third kappa shape index (κ3) is 2.03. The van der Waals surface area contributed by atoms with Gasteiger partial charge in [0, 0.05) is 5.56 Å². The van der Waals surface area contributed by atoms with Crippen LogP contribution < -0.4 is 0 Å². The van der Waals surface area contributed by atoms with Crippen molar-refractivity contribution in [3.8, 4) is 11.5 Å². The van der Waals surface area contributed by atoms with Gasteiger partial charge in [-0.05, 0) is 48.9 Å². The molecule has 1 N–H and O–H groups in total. The van der Waals surface area contributed by atoms with Crippen LogP contribution in [0.25, 0.3) is 22.6 Å². The molecule has 3 aromatic rings. The van der Waals surface area contributed by atoms with E-state index in [2.05, 4.69) is 4.98 Å². The van der Waals surface area contributed by atoms with Crippen molar-refractivity contribution < 1.29 is 18.7 Å². The Balaban J connectivity index is 2.15. The molecule has 0 aliphatic heterocycles. The number of aromatic carboxylic acids is 1. The second-order valence-electron chi connectivity index (χ2n) is 4.47. The summed E-state index contributed by atoms with van der Waals surface area (Å²) in [6, 6.07) is 8.79. The lowest BCUT2D eigenvalue weighted by Crippen LogP contribution is -1.94. The van der Waals surface area contributed by atoms with E-state index in [4.69, 9.17) is 9.52 Å². The van der Waals surface area contributed by atoms with E-state index in [0.29, 0.717) is 28.1 Å². The summed E-state index contributed by atoms with van der Waals surface area (Å²) in [6.07, 6.45) is 0. The Hall–Kier alpha value is -2.69. The maximum Gasteiger partial charge on any atom is 0.335 e. The highest BCUT2D eigenvalue weighted by atomic mass is 19.1. The van der Waals surface area contributed by atoms with Crippen LogP contribution in [0.1, 0.15) is 15.9 Å². The Bertz CT molecular complexity index is 823. The minimum absolute atomic E-state index is 0.146. The van der Waals surface area contributed by atoms with Crippen LogP contribution in [0.3, 0.4) is 0 Å². The number of carboxylic acid groups (broad SMARTS) is 1. The highest BCUT2D eigenvalue weighted by Crippen LogP contribution is 2.27. The van der Waals surface area contributed by atoms with Crippen LogP contribution in [0, 0.1) is 12.7 Å². The van der Waals surface area contributed by atoms with Crippen molar-refractivity contribution in [3.05, 3.63) is 53.3 Å². The first kappa shape index (κ1) is 12.3. The van der Waals surface area contributed by atoms with Crippen LogP contribution in [0.15, 0.2) is 40.8 Å². The summed E-state index contributed by atoms with van der Waals surface area (Å²) in [7, 11) is 0.